The molecule has 0 spiro atoms. The zero-order chi connectivity index (χ0) is 18.6. The van der Waals surface area contributed by atoms with Gasteiger partial charge in [-0.25, -0.2) is 8.78 Å². The molecule has 0 radical (unpaired) electrons. The van der Waals surface area contributed by atoms with Crippen LogP contribution in [0.3, 0.4) is 0 Å². The van der Waals surface area contributed by atoms with Crippen LogP contribution in [0.25, 0.3) is 0 Å². The van der Waals surface area contributed by atoms with E-state index in [1.807, 2.05) is 0 Å². The molecule has 0 saturated carbocycles. The fourth-order valence-corrected chi connectivity index (χ4v) is 2.29. The summed E-state index contributed by atoms with van der Waals surface area (Å²) in [5, 5.41) is 0. The number of hydrogen-bond donors (Lipinski definition) is 0. The maximum absolute atomic E-state index is 13.7. The van der Waals surface area contributed by atoms with Gasteiger partial charge in [0.1, 0.15) is 5.75 Å². The summed E-state index contributed by atoms with van der Waals surface area (Å²) in [5.74, 6) is -3.73. The molecule has 1 aromatic carbocycles. The van der Waals surface area contributed by atoms with Gasteiger partial charge in [0, 0.05) is 12.5 Å². The van der Waals surface area contributed by atoms with Crippen molar-refractivity contribution in [2.45, 2.75) is 19.4 Å². The van der Waals surface area contributed by atoms with Crippen molar-refractivity contribution in [2.24, 2.45) is 0 Å². The molecule has 0 aromatic heterocycles. The zero-order valence-electron chi connectivity index (χ0n) is 14.0. The summed E-state index contributed by atoms with van der Waals surface area (Å²) in [7, 11) is 0.0288. The van der Waals surface area contributed by atoms with Gasteiger partial charge in [0.2, 0.25) is 0 Å². The van der Waals surface area contributed by atoms with Crippen molar-refractivity contribution >= 4 is 24.5 Å². The fourth-order valence-electron chi connectivity index (χ4n) is 2.29. The molecule has 0 bridgehead atoms. The van der Waals surface area contributed by atoms with Crippen LogP contribution in [0.15, 0.2) is 24.8 Å². The molecule has 0 N–H and O–H groups in total. The summed E-state index contributed by atoms with van der Waals surface area (Å²) < 4.78 is 43.0. The smallest absolute Gasteiger partial charge is 0.494 e. The van der Waals surface area contributed by atoms with E-state index in [0.29, 0.717) is 6.42 Å². The molecule has 1 aliphatic heterocycles. The van der Waals surface area contributed by atoms with Gasteiger partial charge in [0.15, 0.2) is 11.6 Å². The van der Waals surface area contributed by atoms with Gasteiger partial charge in [-0.2, -0.15) is 0 Å². The van der Waals surface area contributed by atoms with Crippen molar-refractivity contribution in [1.82, 2.24) is 4.90 Å². The Balaban J connectivity index is 2.37. The number of ether oxygens (including phenoxy) is 1. The van der Waals surface area contributed by atoms with Crippen LogP contribution in [0.5, 0.6) is 5.75 Å². The first-order valence-electron chi connectivity index (χ1n) is 7.64. The van der Waals surface area contributed by atoms with E-state index < -0.39 is 36.8 Å². The highest BCUT2D eigenvalue weighted by Gasteiger charge is 2.37. The first-order valence-corrected chi connectivity index (χ1v) is 7.64. The number of benzene rings is 1. The Labute approximate surface area is 144 Å². The van der Waals surface area contributed by atoms with E-state index >= 15 is 0 Å². The summed E-state index contributed by atoms with van der Waals surface area (Å²) in [5.41, 5.74) is -0.0823. The lowest BCUT2D eigenvalue weighted by molar-refractivity contribution is -0.145. The van der Waals surface area contributed by atoms with Gasteiger partial charge in [-0.3, -0.25) is 14.5 Å². The standard InChI is InChI=1S/C16H18BF2NO5/c1-4-5-10(2)23-14-7-13(19)12(18)6-11(14)17-24-15(21)8-20(3)9-16(22)25-17/h4,6-7,10H,1,5,8-9H2,2-3H3. The van der Waals surface area contributed by atoms with Crippen molar-refractivity contribution in [1.29, 1.82) is 0 Å². The molecule has 0 aliphatic carbocycles. The van der Waals surface area contributed by atoms with Gasteiger partial charge in [0.25, 0.3) is 0 Å². The van der Waals surface area contributed by atoms with Gasteiger partial charge in [-0.15, -0.1) is 6.58 Å². The molecule has 25 heavy (non-hydrogen) atoms. The molecule has 1 unspecified atom stereocenters. The largest absolute Gasteiger partial charge is 0.640 e. The maximum Gasteiger partial charge on any atom is 0.640 e. The minimum atomic E-state index is -1.52. The Kier molecular flexibility index (Phi) is 6.14. The van der Waals surface area contributed by atoms with E-state index in [0.717, 1.165) is 12.1 Å². The summed E-state index contributed by atoms with van der Waals surface area (Å²) in [6.45, 7) is 5.00. The topological polar surface area (TPSA) is 65.1 Å². The van der Waals surface area contributed by atoms with Gasteiger partial charge in [-0.05, 0) is 20.0 Å². The highest BCUT2D eigenvalue weighted by molar-refractivity contribution is 6.65. The molecule has 2 rings (SSSR count). The lowest BCUT2D eigenvalue weighted by Crippen LogP contribution is -2.48. The first-order chi connectivity index (χ1) is 11.8. The predicted molar refractivity (Wildman–Crippen MR) is 86.3 cm³/mol. The quantitative estimate of drug-likeness (QED) is 0.582. The van der Waals surface area contributed by atoms with Crippen molar-refractivity contribution in [2.75, 3.05) is 20.1 Å². The third kappa shape index (κ3) is 5.03. The van der Waals surface area contributed by atoms with Crippen LogP contribution in [0.2, 0.25) is 0 Å². The SMILES string of the molecule is C=CCC(C)Oc1cc(F)c(F)cc1B1OC(=O)CN(C)CC(=O)O1. The van der Waals surface area contributed by atoms with Crippen LogP contribution in [0.4, 0.5) is 8.78 Å². The third-order valence-electron chi connectivity index (χ3n) is 3.41. The maximum atomic E-state index is 13.7. The van der Waals surface area contributed by atoms with Crippen molar-refractivity contribution in [3.05, 3.63) is 36.4 Å². The fraction of sp³-hybridized carbons (Fsp3) is 0.375. The monoisotopic (exact) mass is 353 g/mol. The average Bonchev–Trinajstić information content (AvgIpc) is 2.48. The van der Waals surface area contributed by atoms with E-state index in [1.165, 1.54) is 4.90 Å². The highest BCUT2D eigenvalue weighted by atomic mass is 19.2. The van der Waals surface area contributed by atoms with E-state index in [-0.39, 0.29) is 24.3 Å². The number of carbonyl (C=O) groups is 2. The second-order valence-corrected chi connectivity index (χ2v) is 5.74. The zero-order valence-corrected chi connectivity index (χ0v) is 14.0. The molecule has 1 fully saturated rings. The normalized spacial score (nSPS) is 17.2. The number of halogens is 2. The minimum Gasteiger partial charge on any atom is -0.494 e. The number of hydrogen-bond acceptors (Lipinski definition) is 6. The second kappa shape index (κ2) is 8.11. The molecular formula is C16H18BF2NO5. The van der Waals surface area contributed by atoms with Gasteiger partial charge in [-0.1, -0.05) is 6.08 Å². The molecule has 6 nitrogen and oxygen atoms in total. The number of nitrogens with zero attached hydrogens (tertiary/aromatic N) is 1. The Morgan fingerprint density at radius 1 is 1.28 bits per heavy atom. The van der Waals surface area contributed by atoms with Crippen LogP contribution in [0, 0.1) is 11.6 Å². The van der Waals surface area contributed by atoms with E-state index in [1.54, 1.807) is 20.0 Å². The molecule has 1 atom stereocenters. The van der Waals surface area contributed by atoms with Crippen LogP contribution in [-0.4, -0.2) is 50.2 Å². The third-order valence-corrected chi connectivity index (χ3v) is 3.41. The second-order valence-electron chi connectivity index (χ2n) is 5.74. The molecule has 1 heterocycles. The molecule has 1 aromatic rings. The van der Waals surface area contributed by atoms with Crippen LogP contribution in [-0.2, 0) is 18.9 Å². The summed E-state index contributed by atoms with van der Waals surface area (Å²) in [6, 6.07) is 1.62. The Morgan fingerprint density at radius 3 is 2.40 bits per heavy atom. The van der Waals surface area contributed by atoms with E-state index in [9.17, 15) is 18.4 Å². The Morgan fingerprint density at radius 2 is 1.84 bits per heavy atom. The van der Waals surface area contributed by atoms with Crippen molar-refractivity contribution in [3.63, 3.8) is 0 Å². The van der Waals surface area contributed by atoms with E-state index in [4.69, 9.17) is 14.0 Å². The summed E-state index contributed by atoms with van der Waals surface area (Å²) in [4.78, 5) is 25.1. The Bertz CT molecular complexity index is 665. The van der Waals surface area contributed by atoms with Crippen LogP contribution < -0.4 is 10.2 Å². The van der Waals surface area contributed by atoms with Gasteiger partial charge < -0.3 is 14.0 Å². The average molecular weight is 353 g/mol. The van der Waals surface area contributed by atoms with Crippen LogP contribution in [0.1, 0.15) is 13.3 Å². The van der Waals surface area contributed by atoms with Crippen molar-refractivity contribution in [3.8, 4) is 5.75 Å². The minimum absolute atomic E-state index is 0.0761. The highest BCUT2D eigenvalue weighted by Crippen LogP contribution is 2.18. The van der Waals surface area contributed by atoms with Gasteiger partial charge in [0.05, 0.1) is 24.7 Å². The molecule has 1 saturated heterocycles. The molecule has 0 amide bonds. The summed E-state index contributed by atoms with van der Waals surface area (Å²) >= 11 is 0. The Hall–Kier alpha value is -2.42. The summed E-state index contributed by atoms with van der Waals surface area (Å²) in [6.07, 6.45) is 1.66. The number of carbonyl (C=O) groups excluding carboxylic acids is 2. The number of likely N-dealkylation sites (N-methyl/N-ethyl adjacent to an activating group) is 1. The lowest BCUT2D eigenvalue weighted by atomic mass is 9.77. The predicted octanol–water partition coefficient (Wildman–Crippen LogP) is 1.04. The van der Waals surface area contributed by atoms with Crippen LogP contribution >= 0.6 is 0 Å². The molecule has 1 aliphatic rings. The first kappa shape index (κ1) is 18.9. The van der Waals surface area contributed by atoms with Crippen molar-refractivity contribution < 1.29 is 32.4 Å². The van der Waals surface area contributed by atoms with E-state index in [2.05, 4.69) is 6.58 Å². The molecule has 134 valence electrons. The number of rotatable bonds is 5. The van der Waals surface area contributed by atoms with Gasteiger partial charge >= 0.3 is 19.1 Å². The molecular weight excluding hydrogens is 335 g/mol. The molecule has 9 heteroatoms. The lowest BCUT2D eigenvalue weighted by Gasteiger charge is -2.24.